The largest absolute Gasteiger partial charge is 0.496 e. The van der Waals surface area contributed by atoms with E-state index < -0.39 is 4.92 Å². The Balaban J connectivity index is 2.24. The minimum Gasteiger partial charge on any atom is -0.496 e. The number of nitrogens with zero attached hydrogens (tertiary/aromatic N) is 1. The lowest BCUT2D eigenvalue weighted by Gasteiger charge is -2.11. The van der Waals surface area contributed by atoms with Crippen molar-refractivity contribution in [3.63, 3.8) is 0 Å². The summed E-state index contributed by atoms with van der Waals surface area (Å²) in [6.45, 7) is 0.144. The Labute approximate surface area is 134 Å². The third-order valence-corrected chi connectivity index (χ3v) is 3.47. The topological polar surface area (TPSA) is 61.6 Å². The summed E-state index contributed by atoms with van der Waals surface area (Å²) in [5.41, 5.74) is 0.604. The van der Waals surface area contributed by atoms with Crippen LogP contribution < -0.4 is 9.47 Å². The maximum atomic E-state index is 11.0. The van der Waals surface area contributed by atoms with Gasteiger partial charge in [0.15, 0.2) is 5.75 Å². The van der Waals surface area contributed by atoms with Crippen molar-refractivity contribution in [2.24, 2.45) is 0 Å². The Morgan fingerprint density at radius 2 is 1.95 bits per heavy atom. The molecule has 0 saturated heterocycles. The zero-order chi connectivity index (χ0) is 15.4. The highest BCUT2D eigenvalue weighted by atomic mass is 79.9. The summed E-state index contributed by atoms with van der Waals surface area (Å²) >= 11 is 9.12. The Hall–Kier alpha value is -1.79. The van der Waals surface area contributed by atoms with Crippen LogP contribution in [0.25, 0.3) is 0 Å². The predicted octanol–water partition coefficient (Wildman–Crippen LogP) is 4.60. The summed E-state index contributed by atoms with van der Waals surface area (Å²) in [6.07, 6.45) is 0. The van der Waals surface area contributed by atoms with Crippen LogP contribution >= 0.6 is 27.5 Å². The number of ether oxygens (including phenoxy) is 2. The zero-order valence-electron chi connectivity index (χ0n) is 11.0. The van der Waals surface area contributed by atoms with E-state index in [1.165, 1.54) is 12.1 Å². The maximum Gasteiger partial charge on any atom is 0.312 e. The molecule has 0 atom stereocenters. The van der Waals surface area contributed by atoms with Gasteiger partial charge in [0.05, 0.1) is 12.0 Å². The van der Waals surface area contributed by atoms with Crippen LogP contribution in [0.15, 0.2) is 40.9 Å². The van der Waals surface area contributed by atoms with E-state index in [-0.39, 0.29) is 23.1 Å². The molecule has 0 radical (unpaired) electrons. The van der Waals surface area contributed by atoms with Gasteiger partial charge in [-0.1, -0.05) is 27.5 Å². The van der Waals surface area contributed by atoms with Crippen LogP contribution in [0.1, 0.15) is 5.56 Å². The molecule has 0 unspecified atom stereocenters. The van der Waals surface area contributed by atoms with Crippen molar-refractivity contribution in [2.75, 3.05) is 7.11 Å². The molecule has 21 heavy (non-hydrogen) atoms. The van der Waals surface area contributed by atoms with Gasteiger partial charge in [-0.2, -0.15) is 0 Å². The first-order valence-electron chi connectivity index (χ1n) is 5.90. The van der Waals surface area contributed by atoms with Crippen molar-refractivity contribution < 1.29 is 14.4 Å². The SMILES string of the molecule is COc1ccc(Br)cc1COc1ccc(Cl)cc1[N+](=O)[O-]. The second-order valence-electron chi connectivity index (χ2n) is 4.11. The van der Waals surface area contributed by atoms with Gasteiger partial charge in [0, 0.05) is 21.1 Å². The molecular weight excluding hydrogens is 362 g/mol. The average molecular weight is 373 g/mol. The Bertz CT molecular complexity index is 678. The predicted molar refractivity (Wildman–Crippen MR) is 83.1 cm³/mol. The van der Waals surface area contributed by atoms with E-state index in [9.17, 15) is 10.1 Å². The zero-order valence-corrected chi connectivity index (χ0v) is 13.3. The molecule has 7 heteroatoms. The number of halogens is 2. The number of hydrogen-bond donors (Lipinski definition) is 0. The normalized spacial score (nSPS) is 10.2. The molecule has 0 spiro atoms. The monoisotopic (exact) mass is 371 g/mol. The van der Waals surface area contributed by atoms with E-state index in [1.807, 2.05) is 12.1 Å². The van der Waals surface area contributed by atoms with Crippen molar-refractivity contribution in [3.8, 4) is 11.5 Å². The summed E-state index contributed by atoms with van der Waals surface area (Å²) in [7, 11) is 1.55. The average Bonchev–Trinajstić information content (AvgIpc) is 2.46. The van der Waals surface area contributed by atoms with Gasteiger partial charge in [0.1, 0.15) is 12.4 Å². The fourth-order valence-corrected chi connectivity index (χ4v) is 2.35. The van der Waals surface area contributed by atoms with Gasteiger partial charge in [-0.25, -0.2) is 0 Å². The smallest absolute Gasteiger partial charge is 0.312 e. The fraction of sp³-hybridized carbons (Fsp3) is 0.143. The molecule has 110 valence electrons. The van der Waals surface area contributed by atoms with Gasteiger partial charge in [0.2, 0.25) is 0 Å². The lowest BCUT2D eigenvalue weighted by molar-refractivity contribution is -0.385. The molecule has 0 fully saturated rings. The summed E-state index contributed by atoms with van der Waals surface area (Å²) in [5, 5.41) is 11.3. The van der Waals surface area contributed by atoms with E-state index in [2.05, 4.69) is 15.9 Å². The van der Waals surface area contributed by atoms with Crippen LogP contribution in [0.3, 0.4) is 0 Å². The van der Waals surface area contributed by atoms with Crippen molar-refractivity contribution in [2.45, 2.75) is 6.61 Å². The van der Waals surface area contributed by atoms with Crippen molar-refractivity contribution in [3.05, 3.63) is 61.6 Å². The van der Waals surface area contributed by atoms with E-state index in [0.29, 0.717) is 5.75 Å². The molecule has 2 aromatic rings. The molecule has 0 heterocycles. The molecule has 0 aliphatic heterocycles. The summed E-state index contributed by atoms with van der Waals surface area (Å²) in [4.78, 5) is 10.5. The van der Waals surface area contributed by atoms with Crippen LogP contribution in [0.2, 0.25) is 5.02 Å². The maximum absolute atomic E-state index is 11.0. The van der Waals surface area contributed by atoms with Crippen LogP contribution in [-0.2, 0) is 6.61 Å². The van der Waals surface area contributed by atoms with Crippen molar-refractivity contribution in [1.82, 2.24) is 0 Å². The number of hydrogen-bond acceptors (Lipinski definition) is 4. The molecular formula is C14H11BrClNO4. The Morgan fingerprint density at radius 3 is 2.62 bits per heavy atom. The van der Waals surface area contributed by atoms with E-state index in [4.69, 9.17) is 21.1 Å². The van der Waals surface area contributed by atoms with Gasteiger partial charge < -0.3 is 9.47 Å². The molecule has 0 N–H and O–H groups in total. The molecule has 0 amide bonds. The summed E-state index contributed by atoms with van der Waals surface area (Å²) in [5.74, 6) is 0.807. The fourth-order valence-electron chi connectivity index (χ4n) is 1.77. The highest BCUT2D eigenvalue weighted by Gasteiger charge is 2.16. The van der Waals surface area contributed by atoms with E-state index >= 15 is 0 Å². The molecule has 0 aliphatic rings. The molecule has 0 bridgehead atoms. The second kappa shape index (κ2) is 6.78. The molecule has 0 saturated carbocycles. The molecule has 5 nitrogen and oxygen atoms in total. The molecule has 0 aliphatic carbocycles. The minimum absolute atomic E-state index is 0.144. The first-order valence-corrected chi connectivity index (χ1v) is 7.07. The molecule has 2 aromatic carbocycles. The Kier molecular flexibility index (Phi) is 5.03. The lowest BCUT2D eigenvalue weighted by atomic mass is 10.2. The first-order chi connectivity index (χ1) is 10.0. The first kappa shape index (κ1) is 15.6. The van der Waals surface area contributed by atoms with E-state index in [1.54, 1.807) is 19.2 Å². The number of nitro groups is 1. The van der Waals surface area contributed by atoms with Gasteiger partial charge in [0.25, 0.3) is 0 Å². The summed E-state index contributed by atoms with van der Waals surface area (Å²) in [6, 6.07) is 9.74. The number of methoxy groups -OCH3 is 1. The Morgan fingerprint density at radius 1 is 1.24 bits per heavy atom. The lowest BCUT2D eigenvalue weighted by Crippen LogP contribution is -2.01. The van der Waals surface area contributed by atoms with Gasteiger partial charge in [-0.15, -0.1) is 0 Å². The summed E-state index contributed by atoms with van der Waals surface area (Å²) < 4.78 is 11.6. The number of rotatable bonds is 5. The van der Waals surface area contributed by atoms with Gasteiger partial charge in [-0.3, -0.25) is 10.1 Å². The second-order valence-corrected chi connectivity index (χ2v) is 5.47. The van der Waals surface area contributed by atoms with Crippen molar-refractivity contribution >= 4 is 33.2 Å². The third-order valence-electron chi connectivity index (χ3n) is 2.74. The minimum atomic E-state index is -0.528. The van der Waals surface area contributed by atoms with Crippen molar-refractivity contribution in [1.29, 1.82) is 0 Å². The number of benzene rings is 2. The van der Waals surface area contributed by atoms with Crippen LogP contribution in [-0.4, -0.2) is 12.0 Å². The van der Waals surface area contributed by atoms with Crippen LogP contribution in [0.5, 0.6) is 11.5 Å². The molecule has 2 rings (SSSR count). The van der Waals surface area contributed by atoms with Gasteiger partial charge in [-0.05, 0) is 30.3 Å². The van der Waals surface area contributed by atoms with Crippen LogP contribution in [0, 0.1) is 10.1 Å². The highest BCUT2D eigenvalue weighted by molar-refractivity contribution is 9.10. The quantitative estimate of drug-likeness (QED) is 0.568. The van der Waals surface area contributed by atoms with Gasteiger partial charge >= 0.3 is 5.69 Å². The third kappa shape index (κ3) is 3.86. The number of nitro benzene ring substituents is 1. The molecule has 0 aromatic heterocycles. The standard InChI is InChI=1S/C14H11BrClNO4/c1-20-13-4-2-10(15)6-9(13)8-21-14-5-3-11(16)7-12(14)17(18)19/h2-7H,8H2,1H3. The van der Waals surface area contributed by atoms with E-state index in [0.717, 1.165) is 10.0 Å². The van der Waals surface area contributed by atoms with Crippen LogP contribution in [0.4, 0.5) is 5.69 Å². The highest BCUT2D eigenvalue weighted by Crippen LogP contribution is 2.31.